The van der Waals surface area contributed by atoms with Crippen molar-refractivity contribution in [1.82, 2.24) is 5.32 Å². The Bertz CT molecular complexity index is 1650. The number of ether oxygens (including phenoxy) is 2. The summed E-state index contributed by atoms with van der Waals surface area (Å²) in [6, 6.07) is 25.8. The highest BCUT2D eigenvalue weighted by molar-refractivity contribution is 6.39. The first-order chi connectivity index (χ1) is 19.1. The Balaban J connectivity index is 1.37. The van der Waals surface area contributed by atoms with Crippen LogP contribution in [0, 0.1) is 0 Å². The fourth-order valence-electron chi connectivity index (χ4n) is 4.55. The molecule has 0 radical (unpaired) electrons. The van der Waals surface area contributed by atoms with E-state index in [-0.39, 0.29) is 11.0 Å². The Morgan fingerprint density at radius 3 is 2.25 bits per heavy atom. The third-order valence-corrected chi connectivity index (χ3v) is 6.80. The molecule has 0 bridgehead atoms. The van der Waals surface area contributed by atoms with Crippen LogP contribution in [-0.2, 0) is 21.6 Å². The van der Waals surface area contributed by atoms with Gasteiger partial charge in [0.05, 0.1) is 12.8 Å². The maximum absolute atomic E-state index is 13.3. The van der Waals surface area contributed by atoms with Crippen LogP contribution in [0.1, 0.15) is 37.5 Å². The average molecular weight is 535 g/mol. The van der Waals surface area contributed by atoms with Gasteiger partial charge in [-0.05, 0) is 69.3 Å². The summed E-state index contributed by atoms with van der Waals surface area (Å²) in [6.07, 6.45) is 1.44. The van der Waals surface area contributed by atoms with E-state index in [0.29, 0.717) is 29.4 Å². The van der Waals surface area contributed by atoms with Crippen molar-refractivity contribution in [3.63, 3.8) is 0 Å². The van der Waals surface area contributed by atoms with Gasteiger partial charge in [-0.2, -0.15) is 0 Å². The van der Waals surface area contributed by atoms with Gasteiger partial charge in [0.15, 0.2) is 11.5 Å². The average Bonchev–Trinajstić information content (AvgIpc) is 2.94. The third-order valence-electron chi connectivity index (χ3n) is 6.80. The van der Waals surface area contributed by atoms with E-state index in [0.717, 1.165) is 26.8 Å². The Hall–Kier alpha value is -4.91. The van der Waals surface area contributed by atoms with E-state index < -0.39 is 17.8 Å². The van der Waals surface area contributed by atoms with Gasteiger partial charge < -0.3 is 9.47 Å². The second-order valence-electron chi connectivity index (χ2n) is 10.6. The van der Waals surface area contributed by atoms with E-state index in [1.54, 1.807) is 30.3 Å². The molecule has 7 heteroatoms. The van der Waals surface area contributed by atoms with Crippen molar-refractivity contribution in [2.45, 2.75) is 32.8 Å². The molecule has 1 aliphatic heterocycles. The van der Waals surface area contributed by atoms with Crippen molar-refractivity contribution in [2.24, 2.45) is 0 Å². The zero-order valence-electron chi connectivity index (χ0n) is 22.9. The number of carbonyl (C=O) groups is 3. The molecular weight excluding hydrogens is 504 g/mol. The van der Waals surface area contributed by atoms with Crippen LogP contribution in [0.4, 0.5) is 10.5 Å². The minimum absolute atomic E-state index is 0.0852. The van der Waals surface area contributed by atoms with Crippen LogP contribution < -0.4 is 19.7 Å². The predicted molar refractivity (Wildman–Crippen MR) is 155 cm³/mol. The van der Waals surface area contributed by atoms with E-state index >= 15 is 0 Å². The predicted octanol–water partition coefficient (Wildman–Crippen LogP) is 6.39. The molecule has 1 N–H and O–H groups in total. The number of amides is 4. The molecule has 1 aliphatic rings. The van der Waals surface area contributed by atoms with Gasteiger partial charge >= 0.3 is 6.03 Å². The minimum Gasteiger partial charge on any atom is -0.493 e. The first-order valence-corrected chi connectivity index (χ1v) is 12.9. The molecule has 0 aromatic heterocycles. The summed E-state index contributed by atoms with van der Waals surface area (Å²) in [4.78, 5) is 39.6. The highest BCUT2D eigenvalue weighted by atomic mass is 16.5. The van der Waals surface area contributed by atoms with Crippen LogP contribution in [0.3, 0.4) is 0 Å². The fraction of sp³-hybridized carbons (Fsp3) is 0.182. The normalized spacial score (nSPS) is 14.9. The molecule has 4 amide bonds. The molecule has 40 heavy (non-hydrogen) atoms. The number of fused-ring (bicyclic) bond motifs is 1. The number of carbonyl (C=O) groups excluding carboxylic acids is 3. The van der Waals surface area contributed by atoms with E-state index in [4.69, 9.17) is 9.47 Å². The number of urea groups is 1. The molecule has 7 nitrogen and oxygen atoms in total. The summed E-state index contributed by atoms with van der Waals surface area (Å²) in [5, 5.41) is 4.55. The lowest BCUT2D eigenvalue weighted by Crippen LogP contribution is -2.54. The smallest absolute Gasteiger partial charge is 0.335 e. The number of hydrogen-bond acceptors (Lipinski definition) is 5. The Morgan fingerprint density at radius 2 is 1.55 bits per heavy atom. The standard InChI is InChI=1S/C33H30N2O5/c1-33(2,3)25-12-14-26(15-13-25)35-31(37)27(30(36)34-32(35)38)18-21-10-16-28(29(19-21)39-4)40-20-22-9-11-23-7-5-6-8-24(23)17-22/h5-19H,20H2,1-4H3,(H,34,36,38)/b27-18-. The molecule has 0 atom stereocenters. The van der Waals surface area contributed by atoms with Gasteiger partial charge in [-0.3, -0.25) is 14.9 Å². The summed E-state index contributed by atoms with van der Waals surface area (Å²) < 4.78 is 11.6. The Labute approximate surface area is 233 Å². The zero-order chi connectivity index (χ0) is 28.4. The second-order valence-corrected chi connectivity index (χ2v) is 10.6. The number of nitrogens with one attached hydrogen (secondary N) is 1. The van der Waals surface area contributed by atoms with Crippen LogP contribution in [-0.4, -0.2) is 25.0 Å². The number of hydrogen-bond donors (Lipinski definition) is 1. The third kappa shape index (κ3) is 5.45. The van der Waals surface area contributed by atoms with E-state index in [9.17, 15) is 14.4 Å². The molecule has 0 saturated carbocycles. The van der Waals surface area contributed by atoms with Crippen LogP contribution in [0.2, 0.25) is 0 Å². The van der Waals surface area contributed by atoms with Crippen LogP contribution >= 0.6 is 0 Å². The highest BCUT2D eigenvalue weighted by Crippen LogP contribution is 2.31. The maximum atomic E-state index is 13.3. The van der Waals surface area contributed by atoms with Gasteiger partial charge in [0.1, 0.15) is 12.2 Å². The van der Waals surface area contributed by atoms with Crippen molar-refractivity contribution in [3.8, 4) is 11.5 Å². The molecule has 0 unspecified atom stereocenters. The monoisotopic (exact) mass is 534 g/mol. The molecule has 0 spiro atoms. The van der Waals surface area contributed by atoms with E-state index in [2.05, 4.69) is 50.4 Å². The summed E-state index contributed by atoms with van der Waals surface area (Å²) >= 11 is 0. The molecule has 1 fully saturated rings. The highest BCUT2D eigenvalue weighted by Gasteiger charge is 2.37. The Morgan fingerprint density at radius 1 is 0.825 bits per heavy atom. The van der Waals surface area contributed by atoms with Gasteiger partial charge in [-0.15, -0.1) is 0 Å². The lowest BCUT2D eigenvalue weighted by atomic mass is 9.87. The number of nitrogens with zero attached hydrogens (tertiary/aromatic N) is 1. The molecule has 1 saturated heterocycles. The first kappa shape index (κ1) is 26.7. The minimum atomic E-state index is -0.786. The van der Waals surface area contributed by atoms with Gasteiger partial charge in [0.2, 0.25) is 0 Å². The van der Waals surface area contributed by atoms with Crippen molar-refractivity contribution in [1.29, 1.82) is 0 Å². The van der Waals surface area contributed by atoms with Crippen LogP contribution in [0.25, 0.3) is 16.8 Å². The topological polar surface area (TPSA) is 84.9 Å². The summed E-state index contributed by atoms with van der Waals surface area (Å²) in [6.45, 7) is 6.57. The second kappa shape index (κ2) is 10.7. The number of imide groups is 2. The molecule has 0 aliphatic carbocycles. The molecule has 1 heterocycles. The van der Waals surface area contributed by atoms with Crippen LogP contribution in [0.15, 0.2) is 90.5 Å². The molecule has 4 aromatic carbocycles. The summed E-state index contributed by atoms with van der Waals surface area (Å²) in [5.41, 5.74) is 2.75. The molecule has 202 valence electrons. The van der Waals surface area contributed by atoms with Gasteiger partial charge in [-0.1, -0.05) is 75.4 Å². The van der Waals surface area contributed by atoms with Crippen molar-refractivity contribution < 1.29 is 23.9 Å². The Kier molecular flexibility index (Phi) is 7.13. The maximum Gasteiger partial charge on any atom is 0.335 e. The lowest BCUT2D eigenvalue weighted by molar-refractivity contribution is -0.122. The van der Waals surface area contributed by atoms with Crippen molar-refractivity contribution in [3.05, 3.63) is 107 Å². The summed E-state index contributed by atoms with van der Waals surface area (Å²) in [7, 11) is 1.52. The quantitative estimate of drug-likeness (QED) is 0.229. The van der Waals surface area contributed by atoms with Crippen molar-refractivity contribution in [2.75, 3.05) is 12.0 Å². The summed E-state index contributed by atoms with van der Waals surface area (Å²) in [5.74, 6) is -0.488. The number of barbiturate groups is 1. The number of anilines is 1. The molecule has 4 aromatic rings. The first-order valence-electron chi connectivity index (χ1n) is 12.9. The van der Waals surface area contributed by atoms with Crippen LogP contribution in [0.5, 0.6) is 11.5 Å². The zero-order valence-corrected chi connectivity index (χ0v) is 22.9. The van der Waals surface area contributed by atoms with Gasteiger partial charge in [0, 0.05) is 0 Å². The van der Waals surface area contributed by atoms with Gasteiger partial charge in [-0.25, -0.2) is 9.69 Å². The van der Waals surface area contributed by atoms with Crippen molar-refractivity contribution >= 4 is 40.4 Å². The molecule has 5 rings (SSSR count). The lowest BCUT2D eigenvalue weighted by Gasteiger charge is -2.27. The SMILES string of the molecule is COc1cc(/C=C2/C(=O)NC(=O)N(c3ccc(C(C)(C)C)cc3)C2=O)ccc1OCc1ccc2ccccc2c1. The molecular formula is C33H30N2O5. The fourth-order valence-corrected chi connectivity index (χ4v) is 4.55. The number of benzene rings is 4. The number of methoxy groups -OCH3 is 1. The van der Waals surface area contributed by atoms with Gasteiger partial charge in [0.25, 0.3) is 11.8 Å². The van der Waals surface area contributed by atoms with E-state index in [1.807, 2.05) is 30.3 Å². The van der Waals surface area contributed by atoms with E-state index in [1.165, 1.54) is 13.2 Å². The number of rotatable bonds is 6. The largest absolute Gasteiger partial charge is 0.493 e.